The molecule has 0 atom stereocenters. The van der Waals surface area contributed by atoms with Gasteiger partial charge < -0.3 is 5.32 Å². The molecular weight excluding hydrogens is 264 g/mol. The summed E-state index contributed by atoms with van der Waals surface area (Å²) in [5.41, 5.74) is 3.27. The van der Waals surface area contributed by atoms with E-state index in [4.69, 9.17) is 0 Å². The van der Waals surface area contributed by atoms with Gasteiger partial charge in [0.15, 0.2) is 0 Å². The Morgan fingerprint density at radius 1 is 1.05 bits per heavy atom. The zero-order chi connectivity index (χ0) is 14.7. The zero-order valence-electron chi connectivity index (χ0n) is 11.6. The number of benzene rings is 1. The van der Waals surface area contributed by atoms with E-state index in [0.29, 0.717) is 23.4 Å². The number of aryl methyl sites for hydroxylation is 1. The second-order valence-corrected chi connectivity index (χ2v) is 4.65. The highest BCUT2D eigenvalue weighted by Crippen LogP contribution is 2.12. The van der Waals surface area contributed by atoms with Gasteiger partial charge in [-0.25, -0.2) is 9.97 Å². The van der Waals surface area contributed by atoms with E-state index in [1.807, 2.05) is 42.5 Å². The third-order valence-electron chi connectivity index (χ3n) is 3.12. The van der Waals surface area contributed by atoms with Gasteiger partial charge in [-0.15, -0.1) is 0 Å². The molecule has 1 amide bonds. The van der Waals surface area contributed by atoms with Crippen LogP contribution in [0.25, 0.3) is 11.0 Å². The first-order valence-electron chi connectivity index (χ1n) is 6.65. The maximum absolute atomic E-state index is 12.2. The first-order valence-corrected chi connectivity index (χ1v) is 6.65. The first-order chi connectivity index (χ1) is 10.2. The minimum absolute atomic E-state index is 0.239. The monoisotopic (exact) mass is 278 g/mol. The van der Waals surface area contributed by atoms with Crippen LogP contribution in [0.1, 0.15) is 21.9 Å². The minimum Gasteiger partial charge on any atom is -0.345 e. The van der Waals surface area contributed by atoms with Crippen molar-refractivity contribution in [3.63, 3.8) is 0 Å². The lowest BCUT2D eigenvalue weighted by Gasteiger charge is -2.07. The molecule has 2 aromatic heterocycles. The average Bonchev–Trinajstić information content (AvgIpc) is 2.53. The highest BCUT2D eigenvalue weighted by atomic mass is 16.1. The average molecular weight is 278 g/mol. The third kappa shape index (κ3) is 2.86. The summed E-state index contributed by atoms with van der Waals surface area (Å²) in [7, 11) is 0. The maximum atomic E-state index is 12.2. The molecule has 0 fully saturated rings. The predicted octanol–water partition coefficient (Wildman–Crippen LogP) is 2.26. The van der Waals surface area contributed by atoms with E-state index < -0.39 is 0 Å². The Morgan fingerprint density at radius 3 is 2.48 bits per heavy atom. The molecule has 0 unspecified atom stereocenters. The standard InChI is InChI=1S/C16H14N4O/c1-11-15(20-14-8-3-2-7-13(14)19-11)16(21)18-10-12-6-4-5-9-17-12/h2-9H,10H2,1H3,(H,18,21). The van der Waals surface area contributed by atoms with Gasteiger partial charge in [-0.1, -0.05) is 18.2 Å². The molecule has 1 aromatic carbocycles. The van der Waals surface area contributed by atoms with Crippen LogP contribution in [0, 0.1) is 6.92 Å². The molecule has 2 heterocycles. The van der Waals surface area contributed by atoms with E-state index in [1.54, 1.807) is 13.1 Å². The zero-order valence-corrected chi connectivity index (χ0v) is 11.6. The number of carbonyl (C=O) groups excluding carboxylic acids is 1. The molecule has 0 radical (unpaired) electrons. The maximum Gasteiger partial charge on any atom is 0.272 e. The molecule has 0 saturated carbocycles. The molecule has 5 nitrogen and oxygen atoms in total. The molecule has 0 aliphatic heterocycles. The highest BCUT2D eigenvalue weighted by Gasteiger charge is 2.13. The summed E-state index contributed by atoms with van der Waals surface area (Å²) in [5, 5.41) is 2.82. The second kappa shape index (κ2) is 5.66. The normalized spacial score (nSPS) is 10.5. The number of nitrogens with zero attached hydrogens (tertiary/aromatic N) is 3. The molecule has 0 saturated heterocycles. The van der Waals surface area contributed by atoms with Crippen molar-refractivity contribution in [2.45, 2.75) is 13.5 Å². The van der Waals surface area contributed by atoms with Crippen LogP contribution in [0.5, 0.6) is 0 Å². The van der Waals surface area contributed by atoms with Gasteiger partial charge in [-0.05, 0) is 31.2 Å². The SMILES string of the molecule is Cc1nc2ccccc2nc1C(=O)NCc1ccccn1. The van der Waals surface area contributed by atoms with Crippen molar-refractivity contribution in [1.82, 2.24) is 20.3 Å². The van der Waals surface area contributed by atoms with Crippen molar-refractivity contribution in [2.24, 2.45) is 0 Å². The van der Waals surface area contributed by atoms with E-state index in [-0.39, 0.29) is 5.91 Å². The summed E-state index contributed by atoms with van der Waals surface area (Å²) in [6, 6.07) is 13.1. The minimum atomic E-state index is -0.239. The van der Waals surface area contributed by atoms with Crippen molar-refractivity contribution in [2.75, 3.05) is 0 Å². The van der Waals surface area contributed by atoms with Crippen LogP contribution in [0.15, 0.2) is 48.7 Å². The molecule has 3 rings (SSSR count). The van der Waals surface area contributed by atoms with Crippen molar-refractivity contribution < 1.29 is 4.79 Å². The number of hydrogen-bond acceptors (Lipinski definition) is 4. The lowest BCUT2D eigenvalue weighted by molar-refractivity contribution is 0.0944. The Morgan fingerprint density at radius 2 is 1.76 bits per heavy atom. The van der Waals surface area contributed by atoms with E-state index >= 15 is 0 Å². The molecule has 5 heteroatoms. The molecule has 0 spiro atoms. The summed E-state index contributed by atoms with van der Waals surface area (Å²) >= 11 is 0. The van der Waals surface area contributed by atoms with Crippen molar-refractivity contribution in [3.05, 3.63) is 65.7 Å². The summed E-state index contributed by atoms with van der Waals surface area (Å²) < 4.78 is 0. The van der Waals surface area contributed by atoms with Crippen molar-refractivity contribution in [3.8, 4) is 0 Å². The fourth-order valence-electron chi connectivity index (χ4n) is 2.06. The van der Waals surface area contributed by atoms with E-state index in [2.05, 4.69) is 20.3 Å². The van der Waals surface area contributed by atoms with Gasteiger partial charge in [0.25, 0.3) is 5.91 Å². The Kier molecular flexibility index (Phi) is 3.55. The number of pyridine rings is 1. The van der Waals surface area contributed by atoms with Crippen LogP contribution >= 0.6 is 0 Å². The van der Waals surface area contributed by atoms with Gasteiger partial charge in [0.1, 0.15) is 5.69 Å². The van der Waals surface area contributed by atoms with Gasteiger partial charge in [0, 0.05) is 6.20 Å². The van der Waals surface area contributed by atoms with Gasteiger partial charge in [-0.3, -0.25) is 9.78 Å². The number of para-hydroxylation sites is 2. The van der Waals surface area contributed by atoms with Crippen LogP contribution in [-0.4, -0.2) is 20.9 Å². The quantitative estimate of drug-likeness (QED) is 0.798. The van der Waals surface area contributed by atoms with Crippen LogP contribution in [0.3, 0.4) is 0 Å². The molecule has 3 aromatic rings. The Labute approximate surface area is 122 Å². The lowest BCUT2D eigenvalue weighted by atomic mass is 10.2. The van der Waals surface area contributed by atoms with Crippen LogP contribution < -0.4 is 5.32 Å². The van der Waals surface area contributed by atoms with Crippen molar-refractivity contribution >= 4 is 16.9 Å². The number of carbonyl (C=O) groups is 1. The first kappa shape index (κ1) is 13.2. The molecular formula is C16H14N4O. The molecule has 104 valence electrons. The number of aromatic nitrogens is 3. The van der Waals surface area contributed by atoms with E-state index in [0.717, 1.165) is 11.2 Å². The van der Waals surface area contributed by atoms with Crippen LogP contribution in [-0.2, 0) is 6.54 Å². The molecule has 0 aliphatic carbocycles. The number of nitrogens with one attached hydrogen (secondary N) is 1. The Balaban J connectivity index is 1.82. The molecule has 21 heavy (non-hydrogen) atoms. The number of amides is 1. The fraction of sp³-hybridized carbons (Fsp3) is 0.125. The van der Waals surface area contributed by atoms with Crippen LogP contribution in [0.2, 0.25) is 0 Å². The lowest BCUT2D eigenvalue weighted by Crippen LogP contribution is -2.25. The Hall–Kier alpha value is -2.82. The number of fused-ring (bicyclic) bond motifs is 1. The predicted molar refractivity (Wildman–Crippen MR) is 79.7 cm³/mol. The molecule has 0 aliphatic rings. The topological polar surface area (TPSA) is 67.8 Å². The fourth-order valence-corrected chi connectivity index (χ4v) is 2.06. The largest absolute Gasteiger partial charge is 0.345 e. The third-order valence-corrected chi connectivity index (χ3v) is 3.12. The van der Waals surface area contributed by atoms with E-state index in [1.165, 1.54) is 0 Å². The number of hydrogen-bond donors (Lipinski definition) is 1. The van der Waals surface area contributed by atoms with E-state index in [9.17, 15) is 4.79 Å². The summed E-state index contributed by atoms with van der Waals surface area (Å²) in [6.07, 6.45) is 1.70. The Bertz CT molecular complexity index is 787. The summed E-state index contributed by atoms with van der Waals surface area (Å²) in [6.45, 7) is 2.16. The van der Waals surface area contributed by atoms with Gasteiger partial charge in [-0.2, -0.15) is 0 Å². The van der Waals surface area contributed by atoms with Crippen molar-refractivity contribution in [1.29, 1.82) is 0 Å². The molecule has 0 bridgehead atoms. The van der Waals surface area contributed by atoms with Gasteiger partial charge in [0.2, 0.25) is 0 Å². The van der Waals surface area contributed by atoms with Gasteiger partial charge in [0.05, 0.1) is 29.0 Å². The smallest absolute Gasteiger partial charge is 0.272 e. The molecule has 1 N–H and O–H groups in total. The summed E-state index contributed by atoms with van der Waals surface area (Å²) in [5.74, 6) is -0.239. The second-order valence-electron chi connectivity index (χ2n) is 4.65. The summed E-state index contributed by atoms with van der Waals surface area (Å²) in [4.78, 5) is 25.2. The van der Waals surface area contributed by atoms with Gasteiger partial charge >= 0.3 is 0 Å². The van der Waals surface area contributed by atoms with Crippen LogP contribution in [0.4, 0.5) is 0 Å². The highest BCUT2D eigenvalue weighted by molar-refractivity contribution is 5.95. The number of rotatable bonds is 3.